The number of nitrogens with zero attached hydrogens (tertiary/aromatic N) is 1. The summed E-state index contributed by atoms with van der Waals surface area (Å²) >= 11 is 0. The van der Waals surface area contributed by atoms with Gasteiger partial charge in [-0.2, -0.15) is 0 Å². The van der Waals surface area contributed by atoms with Crippen LogP contribution in [0.25, 0.3) is 11.3 Å². The first-order valence-corrected chi connectivity index (χ1v) is 7.55. The van der Waals surface area contributed by atoms with Crippen molar-refractivity contribution in [1.29, 1.82) is 0 Å². The topological polar surface area (TPSA) is 67.2 Å². The zero-order valence-corrected chi connectivity index (χ0v) is 13.3. The number of carbonyl (C=O) groups is 1. The zero-order valence-electron chi connectivity index (χ0n) is 13.3. The second kappa shape index (κ2) is 7.12. The minimum absolute atomic E-state index is 0.107. The predicted molar refractivity (Wildman–Crippen MR) is 88.9 cm³/mol. The normalized spacial score (nSPS) is 10.5. The SMILES string of the molecule is Cc1onc(-c2ccccc2)c1CNC(=O)Nc1ccc(F)cc1F. The predicted octanol–water partition coefficient (Wildman–Crippen LogP) is 4.25. The molecular formula is C18H15F2N3O2. The molecule has 5 nitrogen and oxygen atoms in total. The Morgan fingerprint density at radius 3 is 2.64 bits per heavy atom. The summed E-state index contributed by atoms with van der Waals surface area (Å²) in [5, 5.41) is 8.98. The van der Waals surface area contributed by atoms with Gasteiger partial charge in [-0.1, -0.05) is 35.5 Å². The average Bonchev–Trinajstić information content (AvgIpc) is 2.97. The first-order chi connectivity index (χ1) is 12.0. The highest BCUT2D eigenvalue weighted by atomic mass is 19.1. The maximum absolute atomic E-state index is 13.6. The van der Waals surface area contributed by atoms with E-state index >= 15 is 0 Å². The van der Waals surface area contributed by atoms with Gasteiger partial charge >= 0.3 is 6.03 Å². The van der Waals surface area contributed by atoms with Crippen LogP contribution in [0.4, 0.5) is 19.3 Å². The van der Waals surface area contributed by atoms with E-state index in [4.69, 9.17) is 4.52 Å². The van der Waals surface area contributed by atoms with Gasteiger partial charge in [-0.05, 0) is 19.1 Å². The Labute approximate surface area is 142 Å². The highest BCUT2D eigenvalue weighted by Gasteiger charge is 2.15. The number of nitrogens with one attached hydrogen (secondary N) is 2. The van der Waals surface area contributed by atoms with E-state index in [1.54, 1.807) is 6.92 Å². The number of amides is 2. The zero-order chi connectivity index (χ0) is 17.8. The molecule has 1 heterocycles. The number of carbonyl (C=O) groups excluding carboxylic acids is 1. The Morgan fingerprint density at radius 1 is 1.16 bits per heavy atom. The summed E-state index contributed by atoms with van der Waals surface area (Å²) in [4.78, 5) is 12.0. The Hall–Kier alpha value is -3.22. The molecule has 0 aliphatic carbocycles. The summed E-state index contributed by atoms with van der Waals surface area (Å²) in [6.45, 7) is 1.89. The van der Waals surface area contributed by atoms with E-state index in [0.29, 0.717) is 17.5 Å². The third-order valence-electron chi connectivity index (χ3n) is 3.64. The van der Waals surface area contributed by atoms with Crippen LogP contribution in [-0.2, 0) is 6.54 Å². The van der Waals surface area contributed by atoms with E-state index < -0.39 is 17.7 Å². The van der Waals surface area contributed by atoms with Crippen LogP contribution >= 0.6 is 0 Å². The largest absolute Gasteiger partial charge is 0.361 e. The van der Waals surface area contributed by atoms with Crippen molar-refractivity contribution >= 4 is 11.7 Å². The van der Waals surface area contributed by atoms with Gasteiger partial charge in [-0.25, -0.2) is 13.6 Å². The first-order valence-electron chi connectivity index (χ1n) is 7.55. The number of aromatic nitrogens is 1. The molecule has 0 saturated carbocycles. The summed E-state index contributed by atoms with van der Waals surface area (Å²) in [5.41, 5.74) is 2.11. The molecule has 0 bridgehead atoms. The molecule has 0 radical (unpaired) electrons. The van der Waals surface area contributed by atoms with Crippen molar-refractivity contribution in [3.63, 3.8) is 0 Å². The van der Waals surface area contributed by atoms with Crippen LogP contribution in [-0.4, -0.2) is 11.2 Å². The molecule has 7 heteroatoms. The van der Waals surface area contributed by atoms with Crippen LogP contribution in [0.15, 0.2) is 53.1 Å². The van der Waals surface area contributed by atoms with Crippen molar-refractivity contribution in [2.24, 2.45) is 0 Å². The maximum atomic E-state index is 13.6. The second-order valence-electron chi connectivity index (χ2n) is 5.36. The quantitative estimate of drug-likeness (QED) is 0.744. The van der Waals surface area contributed by atoms with Gasteiger partial charge in [0.2, 0.25) is 0 Å². The van der Waals surface area contributed by atoms with Gasteiger partial charge in [0.1, 0.15) is 23.1 Å². The molecule has 128 valence electrons. The van der Waals surface area contributed by atoms with Gasteiger partial charge < -0.3 is 15.2 Å². The molecule has 0 saturated heterocycles. The van der Waals surface area contributed by atoms with Gasteiger partial charge in [-0.3, -0.25) is 0 Å². The number of hydrogen-bond donors (Lipinski definition) is 2. The van der Waals surface area contributed by atoms with Crippen LogP contribution < -0.4 is 10.6 Å². The van der Waals surface area contributed by atoms with Crippen molar-refractivity contribution in [2.75, 3.05) is 5.32 Å². The molecule has 0 spiro atoms. The summed E-state index contributed by atoms with van der Waals surface area (Å²) in [6, 6.07) is 11.7. The maximum Gasteiger partial charge on any atom is 0.319 e. The summed E-state index contributed by atoms with van der Waals surface area (Å²) in [6.07, 6.45) is 0. The van der Waals surface area contributed by atoms with Crippen molar-refractivity contribution in [2.45, 2.75) is 13.5 Å². The van der Waals surface area contributed by atoms with Crippen molar-refractivity contribution in [3.8, 4) is 11.3 Å². The van der Waals surface area contributed by atoms with Crippen LogP contribution in [0.5, 0.6) is 0 Å². The fourth-order valence-corrected chi connectivity index (χ4v) is 2.35. The van der Waals surface area contributed by atoms with E-state index in [1.807, 2.05) is 30.3 Å². The van der Waals surface area contributed by atoms with Crippen molar-refractivity contribution in [3.05, 3.63) is 71.5 Å². The Kier molecular flexibility index (Phi) is 4.74. The molecule has 3 aromatic rings. The monoisotopic (exact) mass is 343 g/mol. The van der Waals surface area contributed by atoms with Gasteiger partial charge in [0.25, 0.3) is 0 Å². The smallest absolute Gasteiger partial charge is 0.319 e. The molecule has 1 aromatic heterocycles. The van der Waals surface area contributed by atoms with Crippen LogP contribution in [0, 0.1) is 18.6 Å². The van der Waals surface area contributed by atoms with Gasteiger partial charge in [0, 0.05) is 17.2 Å². The Bertz CT molecular complexity index is 895. The number of rotatable bonds is 4. The molecule has 3 rings (SSSR count). The molecule has 0 aliphatic rings. The lowest BCUT2D eigenvalue weighted by Gasteiger charge is -2.09. The van der Waals surface area contributed by atoms with Gasteiger partial charge in [0.05, 0.1) is 12.2 Å². The Morgan fingerprint density at radius 2 is 1.92 bits per heavy atom. The number of halogens is 2. The Balaban J connectivity index is 1.70. The molecule has 2 aromatic carbocycles. The molecule has 2 amide bonds. The lowest BCUT2D eigenvalue weighted by molar-refractivity contribution is 0.251. The van der Waals surface area contributed by atoms with Crippen LogP contribution in [0.2, 0.25) is 0 Å². The fourth-order valence-electron chi connectivity index (χ4n) is 2.35. The highest BCUT2D eigenvalue weighted by molar-refractivity contribution is 5.89. The number of hydrogen-bond acceptors (Lipinski definition) is 3. The van der Waals surface area contributed by atoms with E-state index in [-0.39, 0.29) is 12.2 Å². The summed E-state index contributed by atoms with van der Waals surface area (Å²) in [5.74, 6) is -0.982. The third kappa shape index (κ3) is 3.82. The molecular weight excluding hydrogens is 328 g/mol. The average molecular weight is 343 g/mol. The third-order valence-corrected chi connectivity index (χ3v) is 3.64. The lowest BCUT2D eigenvalue weighted by atomic mass is 10.1. The molecule has 25 heavy (non-hydrogen) atoms. The van der Waals surface area contributed by atoms with Crippen LogP contribution in [0.1, 0.15) is 11.3 Å². The van der Waals surface area contributed by atoms with Crippen molar-refractivity contribution < 1.29 is 18.1 Å². The van der Waals surface area contributed by atoms with Gasteiger partial charge in [0.15, 0.2) is 0 Å². The number of benzene rings is 2. The fraction of sp³-hybridized carbons (Fsp3) is 0.111. The standard InChI is InChI=1S/C18H15F2N3O2/c1-11-14(17(23-25-11)12-5-3-2-4-6-12)10-21-18(24)22-16-8-7-13(19)9-15(16)20/h2-9H,10H2,1H3,(H2,21,22,24). The summed E-state index contributed by atoms with van der Waals surface area (Å²) in [7, 11) is 0. The molecule has 2 N–H and O–H groups in total. The van der Waals surface area contributed by atoms with E-state index in [2.05, 4.69) is 15.8 Å². The highest BCUT2D eigenvalue weighted by Crippen LogP contribution is 2.24. The molecule has 0 fully saturated rings. The molecule has 0 aliphatic heterocycles. The van der Waals surface area contributed by atoms with Crippen molar-refractivity contribution in [1.82, 2.24) is 10.5 Å². The summed E-state index contributed by atoms with van der Waals surface area (Å²) < 4.78 is 31.7. The number of anilines is 1. The number of aryl methyl sites for hydroxylation is 1. The second-order valence-corrected chi connectivity index (χ2v) is 5.36. The van der Waals surface area contributed by atoms with E-state index in [0.717, 1.165) is 23.3 Å². The first kappa shape index (κ1) is 16.6. The van der Waals surface area contributed by atoms with E-state index in [1.165, 1.54) is 0 Å². The van der Waals surface area contributed by atoms with Crippen LogP contribution in [0.3, 0.4) is 0 Å². The number of urea groups is 1. The molecule has 0 unspecified atom stereocenters. The van der Waals surface area contributed by atoms with E-state index in [9.17, 15) is 13.6 Å². The van der Waals surface area contributed by atoms with Gasteiger partial charge in [-0.15, -0.1) is 0 Å². The molecule has 0 atom stereocenters. The lowest BCUT2D eigenvalue weighted by Crippen LogP contribution is -2.28. The minimum atomic E-state index is -0.846. The minimum Gasteiger partial charge on any atom is -0.361 e.